The van der Waals surface area contributed by atoms with E-state index in [4.69, 9.17) is 25.9 Å². The maximum absolute atomic E-state index is 10.7. The molecule has 0 saturated heterocycles. The molecule has 2 N–H and O–H groups in total. The van der Waals surface area contributed by atoms with Crippen LogP contribution in [0.4, 0.5) is 26.3 Å². The topological polar surface area (TPSA) is 109 Å². The first-order valence-corrected chi connectivity index (χ1v) is 20.2. The fourth-order valence-corrected chi connectivity index (χ4v) is 6.36. The third-order valence-corrected chi connectivity index (χ3v) is 11.1. The van der Waals surface area contributed by atoms with Gasteiger partial charge in [0, 0.05) is 0 Å². The lowest BCUT2D eigenvalue weighted by Crippen LogP contribution is -2.21. The van der Waals surface area contributed by atoms with Crippen LogP contribution in [0, 0.1) is 0 Å². The molecule has 0 aliphatic rings. The van der Waals surface area contributed by atoms with Gasteiger partial charge in [-0.2, -0.15) is 43.2 Å². The van der Waals surface area contributed by atoms with E-state index >= 15 is 0 Å². The monoisotopic (exact) mass is 852 g/mol. The normalized spacial score (nSPS) is 12.0. The number of hydrogen-bond donors (Lipinski definition) is 2. The molecule has 0 aliphatic heterocycles. The molecule has 0 spiro atoms. The van der Waals surface area contributed by atoms with Crippen molar-refractivity contribution >= 4 is 38.7 Å². The largest absolute Gasteiger partial charge is 0.522 e. The minimum atomic E-state index is -5.84. The summed E-state index contributed by atoms with van der Waals surface area (Å²) in [5, 5.41) is -0.409. The first-order chi connectivity index (χ1) is 26.1. The number of rotatable bonds is 6. The first kappa shape index (κ1) is 46.0. The van der Waals surface area contributed by atoms with Gasteiger partial charge < -0.3 is 0 Å². The lowest BCUT2D eigenvalue weighted by molar-refractivity contribution is -0.0514. The summed E-state index contributed by atoms with van der Waals surface area (Å²) in [5.74, 6) is 0. The molecule has 296 valence electrons. The van der Waals surface area contributed by atoms with E-state index in [0.29, 0.717) is 0 Å². The predicted molar refractivity (Wildman–Crippen MR) is 213 cm³/mol. The van der Waals surface area contributed by atoms with E-state index in [2.05, 4.69) is 200 Å². The van der Waals surface area contributed by atoms with Gasteiger partial charge in [-0.1, -0.05) is 182 Å². The van der Waals surface area contributed by atoms with Crippen molar-refractivity contribution in [1.82, 2.24) is 0 Å². The summed E-state index contributed by atoms with van der Waals surface area (Å²) in [7, 11) is -5.56. The van der Waals surface area contributed by atoms with Crippen LogP contribution >= 0.6 is 18.5 Å². The molecule has 0 bridgehead atoms. The second kappa shape index (κ2) is 19.6. The molecule has 6 rings (SSSR count). The molecule has 2 unspecified atom stereocenters. The first-order valence-electron chi connectivity index (χ1n) is 16.1. The van der Waals surface area contributed by atoms with Crippen LogP contribution < -0.4 is 0 Å². The molecule has 0 amide bonds. The van der Waals surface area contributed by atoms with Gasteiger partial charge in [0.05, 0.1) is 10.3 Å². The van der Waals surface area contributed by atoms with Gasteiger partial charge in [-0.25, -0.2) is 0 Å². The number of hydrogen-bond acceptors (Lipinski definition) is 4. The summed E-state index contributed by atoms with van der Waals surface area (Å²) in [5.41, 5.74) is -3.39. The molecule has 6 nitrogen and oxygen atoms in total. The zero-order chi connectivity index (χ0) is 41.7. The quantitative estimate of drug-likeness (QED) is 0.0568. The standard InChI is InChI=1S/2C19H17P.2CHF3O3S/c2*20-19(16-10-4-1-5-11-16,17-12-6-2-7-13-17)18-14-8-3-9-15-18;2*2-1(3,4)8(5,6)7/h2*1-15H,20H2;2*(H,5,6,7). The fraction of sp³-hybridized carbons (Fsp3) is 0.100. The molecular weight excluding hydrogens is 817 g/mol. The van der Waals surface area contributed by atoms with Crippen molar-refractivity contribution in [2.24, 2.45) is 0 Å². The lowest BCUT2D eigenvalue weighted by atomic mass is 9.84. The van der Waals surface area contributed by atoms with Gasteiger partial charge in [0.2, 0.25) is 0 Å². The molecule has 0 saturated carbocycles. The van der Waals surface area contributed by atoms with Gasteiger partial charge in [0.1, 0.15) is 0 Å². The molecule has 6 aromatic carbocycles. The number of benzene rings is 6. The highest BCUT2D eigenvalue weighted by molar-refractivity contribution is 7.86. The van der Waals surface area contributed by atoms with Crippen molar-refractivity contribution in [3.8, 4) is 0 Å². The second-order valence-electron chi connectivity index (χ2n) is 11.7. The predicted octanol–water partition coefficient (Wildman–Crippen LogP) is 10.5. The zero-order valence-corrected chi connectivity index (χ0v) is 33.0. The fourth-order valence-electron chi connectivity index (χ4n) is 5.21. The van der Waals surface area contributed by atoms with Crippen molar-refractivity contribution in [2.75, 3.05) is 0 Å². The Morgan fingerprint density at radius 3 is 0.518 bits per heavy atom. The summed E-state index contributed by atoms with van der Waals surface area (Å²) in [4.78, 5) is 0. The maximum Gasteiger partial charge on any atom is 0.522 e. The smallest absolute Gasteiger partial charge is 0.279 e. The molecule has 0 aliphatic carbocycles. The third kappa shape index (κ3) is 12.3. The number of halogens is 6. The van der Waals surface area contributed by atoms with Gasteiger partial charge >= 0.3 is 31.3 Å². The van der Waals surface area contributed by atoms with Crippen LogP contribution in [0.25, 0.3) is 0 Å². The Balaban J connectivity index is 0.000000220. The van der Waals surface area contributed by atoms with Crippen molar-refractivity contribution in [3.05, 3.63) is 215 Å². The minimum Gasteiger partial charge on any atom is -0.279 e. The van der Waals surface area contributed by atoms with Crippen LogP contribution in [0.3, 0.4) is 0 Å². The van der Waals surface area contributed by atoms with Crippen molar-refractivity contribution < 1.29 is 52.3 Å². The molecule has 2 atom stereocenters. The average Bonchev–Trinajstić information content (AvgIpc) is 3.18. The maximum atomic E-state index is 10.7. The Kier molecular flexibility index (Phi) is 16.1. The van der Waals surface area contributed by atoms with Gasteiger partial charge in [-0.15, -0.1) is 18.5 Å². The van der Waals surface area contributed by atoms with Crippen LogP contribution in [0.5, 0.6) is 0 Å². The molecular formula is C40H36F6O6P2S2. The van der Waals surface area contributed by atoms with E-state index in [-0.39, 0.29) is 10.3 Å². The Morgan fingerprint density at radius 2 is 0.429 bits per heavy atom. The molecule has 0 heterocycles. The van der Waals surface area contributed by atoms with E-state index in [1.807, 2.05) is 0 Å². The molecule has 16 heteroatoms. The highest BCUT2D eigenvalue weighted by atomic mass is 32.2. The van der Waals surface area contributed by atoms with E-state index in [1.165, 1.54) is 33.4 Å². The van der Waals surface area contributed by atoms with Crippen molar-refractivity contribution in [3.63, 3.8) is 0 Å². The van der Waals surface area contributed by atoms with E-state index < -0.39 is 31.3 Å². The summed E-state index contributed by atoms with van der Waals surface area (Å²) in [6, 6.07) is 63.8. The van der Waals surface area contributed by atoms with Crippen molar-refractivity contribution in [1.29, 1.82) is 0 Å². The van der Waals surface area contributed by atoms with Gasteiger partial charge in [0.15, 0.2) is 0 Å². The Hall–Kier alpha value is -4.42. The lowest BCUT2D eigenvalue weighted by Gasteiger charge is -2.31. The summed E-state index contributed by atoms with van der Waals surface area (Å²) in [6.07, 6.45) is 0. The number of alkyl halides is 6. The van der Waals surface area contributed by atoms with Crippen molar-refractivity contribution in [2.45, 2.75) is 21.3 Å². The van der Waals surface area contributed by atoms with E-state index in [0.717, 1.165) is 0 Å². The molecule has 0 aromatic heterocycles. The summed E-state index contributed by atoms with van der Waals surface area (Å²) >= 11 is 0. The highest BCUT2D eigenvalue weighted by Crippen LogP contribution is 2.45. The zero-order valence-electron chi connectivity index (χ0n) is 29.1. The van der Waals surface area contributed by atoms with Crippen LogP contribution in [0.1, 0.15) is 33.4 Å². The third-order valence-electron chi connectivity index (χ3n) is 7.96. The van der Waals surface area contributed by atoms with Gasteiger partial charge in [-0.3, -0.25) is 9.11 Å². The van der Waals surface area contributed by atoms with Crippen LogP contribution in [0.15, 0.2) is 182 Å². The van der Waals surface area contributed by atoms with E-state index in [1.54, 1.807) is 0 Å². The SMILES string of the molecule is O=S(=O)(O)C(F)(F)F.O=S(=O)(O)C(F)(F)F.PC(c1ccccc1)(c1ccccc1)c1ccccc1.PC(c1ccccc1)(c1ccccc1)c1ccccc1. The molecule has 6 aromatic rings. The Bertz CT molecular complexity index is 1930. The highest BCUT2D eigenvalue weighted by Gasteiger charge is 2.45. The average molecular weight is 853 g/mol. The van der Waals surface area contributed by atoms with Gasteiger partial charge in [-0.05, 0) is 33.4 Å². The van der Waals surface area contributed by atoms with Gasteiger partial charge in [0.25, 0.3) is 0 Å². The summed E-state index contributed by atoms with van der Waals surface area (Å²) < 4.78 is 115. The second-order valence-corrected chi connectivity index (χ2v) is 16.2. The summed E-state index contributed by atoms with van der Waals surface area (Å²) in [6.45, 7) is 0. The molecule has 0 fully saturated rings. The Labute approximate surface area is 326 Å². The Morgan fingerprint density at radius 1 is 0.321 bits per heavy atom. The molecule has 0 radical (unpaired) electrons. The van der Waals surface area contributed by atoms with Crippen LogP contribution in [-0.4, -0.2) is 37.0 Å². The molecule has 56 heavy (non-hydrogen) atoms. The van der Waals surface area contributed by atoms with Crippen LogP contribution in [-0.2, 0) is 30.5 Å². The minimum absolute atomic E-state index is 0.205. The van der Waals surface area contributed by atoms with E-state index in [9.17, 15) is 26.3 Å². The van der Waals surface area contributed by atoms with Crippen LogP contribution in [0.2, 0.25) is 0 Å².